The van der Waals surface area contributed by atoms with Gasteiger partial charge < -0.3 is 11.1 Å². The molecule has 3 aromatic rings. The normalized spacial score (nSPS) is 12.0. The second-order valence-electron chi connectivity index (χ2n) is 5.86. The average molecular weight is 454 g/mol. The van der Waals surface area contributed by atoms with E-state index in [1.165, 1.54) is 0 Å². The molecule has 1 unspecified atom stereocenters. The van der Waals surface area contributed by atoms with Crippen LogP contribution in [-0.2, 0) is 10.8 Å². The third-order valence-corrected chi connectivity index (χ3v) is 6.96. The zero-order valence-electron chi connectivity index (χ0n) is 14.9. The topological polar surface area (TPSA) is 85.1 Å². The maximum absolute atomic E-state index is 12.8. The Hall–Kier alpha value is -1.93. The van der Waals surface area contributed by atoms with Gasteiger partial charge in [-0.05, 0) is 36.8 Å². The fraction of sp³-hybridized carbons (Fsp3) is 0.158. The van der Waals surface area contributed by atoms with Crippen molar-refractivity contribution < 1.29 is 9.00 Å². The maximum atomic E-state index is 12.8. The van der Waals surface area contributed by atoms with E-state index in [1.54, 1.807) is 24.3 Å². The molecule has 2 aromatic carbocycles. The van der Waals surface area contributed by atoms with Crippen molar-refractivity contribution in [2.45, 2.75) is 18.2 Å². The molecule has 0 aliphatic heterocycles. The zero-order valence-corrected chi connectivity index (χ0v) is 18.0. The second kappa shape index (κ2) is 9.05. The summed E-state index contributed by atoms with van der Waals surface area (Å²) in [7, 11) is -1.05. The van der Waals surface area contributed by atoms with Crippen LogP contribution in [0, 0.1) is 0 Å². The van der Waals surface area contributed by atoms with Crippen LogP contribution >= 0.6 is 34.5 Å². The third kappa shape index (κ3) is 4.55. The number of hydrogen-bond donors (Lipinski definition) is 2. The van der Waals surface area contributed by atoms with Crippen molar-refractivity contribution in [3.8, 4) is 0 Å². The first-order chi connectivity index (χ1) is 13.4. The number of anilines is 3. The van der Waals surface area contributed by atoms with Gasteiger partial charge >= 0.3 is 0 Å². The number of ketones is 1. The molecule has 0 aliphatic carbocycles. The van der Waals surface area contributed by atoms with Crippen LogP contribution in [0.3, 0.4) is 0 Å². The highest BCUT2D eigenvalue weighted by Crippen LogP contribution is 2.34. The van der Waals surface area contributed by atoms with Gasteiger partial charge in [0.05, 0.1) is 26.4 Å². The van der Waals surface area contributed by atoms with Gasteiger partial charge in [0, 0.05) is 16.3 Å². The lowest BCUT2D eigenvalue weighted by molar-refractivity contribution is 0.104. The Labute approximate surface area is 179 Å². The number of nitrogens with one attached hydrogen (secondary N) is 1. The molecule has 5 nitrogen and oxygen atoms in total. The van der Waals surface area contributed by atoms with Gasteiger partial charge in [-0.3, -0.25) is 9.00 Å². The number of benzene rings is 2. The van der Waals surface area contributed by atoms with Crippen LogP contribution in [0.2, 0.25) is 10.0 Å². The highest BCUT2D eigenvalue weighted by molar-refractivity contribution is 7.85. The Balaban J connectivity index is 1.86. The summed E-state index contributed by atoms with van der Waals surface area (Å²) in [5.41, 5.74) is 6.87. The van der Waals surface area contributed by atoms with Gasteiger partial charge in [0.2, 0.25) is 5.78 Å². The van der Waals surface area contributed by atoms with Gasteiger partial charge in [-0.2, -0.15) is 0 Å². The number of aromatic nitrogens is 1. The van der Waals surface area contributed by atoms with Crippen molar-refractivity contribution in [1.29, 1.82) is 0 Å². The summed E-state index contributed by atoms with van der Waals surface area (Å²) in [6, 6.07) is 12.1. The lowest BCUT2D eigenvalue weighted by Crippen LogP contribution is -2.04. The third-order valence-electron chi connectivity index (χ3n) is 3.79. The summed E-state index contributed by atoms with van der Waals surface area (Å²) in [5.74, 6) is 0.320. The summed E-state index contributed by atoms with van der Waals surface area (Å²) < 4.78 is 12.2. The number of carbonyl (C=O) groups excluding carboxylic acids is 1. The number of thiazole rings is 1. The van der Waals surface area contributed by atoms with Crippen LogP contribution in [0.25, 0.3) is 0 Å². The van der Waals surface area contributed by atoms with Crippen molar-refractivity contribution >= 4 is 67.8 Å². The maximum Gasteiger partial charge on any atom is 0.209 e. The first-order valence-electron chi connectivity index (χ1n) is 8.41. The van der Waals surface area contributed by atoms with Crippen LogP contribution in [0.4, 0.5) is 16.6 Å². The van der Waals surface area contributed by atoms with Gasteiger partial charge in [-0.15, -0.1) is 0 Å². The summed E-state index contributed by atoms with van der Waals surface area (Å²) in [6.07, 6.45) is 0.837. The highest BCUT2D eigenvalue weighted by Gasteiger charge is 2.22. The molecule has 3 N–H and O–H groups in total. The van der Waals surface area contributed by atoms with E-state index in [-0.39, 0.29) is 32.1 Å². The number of nitrogens with zero attached hydrogens (tertiary/aromatic N) is 1. The minimum Gasteiger partial charge on any atom is -0.382 e. The predicted octanol–water partition coefficient (Wildman–Crippen LogP) is 5.52. The summed E-state index contributed by atoms with van der Waals surface area (Å²) in [6.45, 7) is 1.99. The monoisotopic (exact) mass is 453 g/mol. The molecule has 28 heavy (non-hydrogen) atoms. The molecule has 0 aliphatic rings. The Bertz CT molecular complexity index is 1030. The molecule has 0 saturated heterocycles. The quantitative estimate of drug-likeness (QED) is 0.459. The van der Waals surface area contributed by atoms with Crippen LogP contribution in [0.1, 0.15) is 28.6 Å². The Morgan fingerprint density at radius 3 is 2.57 bits per heavy atom. The SMILES string of the molecule is CCCS(=O)c1cccc(Nc2nc(N)c(C(=O)c3c(Cl)cccc3Cl)s2)c1. The molecular formula is C19H17Cl2N3O2S2. The molecule has 0 amide bonds. The van der Waals surface area contributed by atoms with Gasteiger partial charge in [0.1, 0.15) is 10.7 Å². The van der Waals surface area contributed by atoms with Crippen LogP contribution < -0.4 is 11.1 Å². The second-order valence-corrected chi connectivity index (χ2v) is 9.25. The number of rotatable bonds is 7. The molecule has 1 heterocycles. The largest absolute Gasteiger partial charge is 0.382 e. The van der Waals surface area contributed by atoms with Crippen molar-refractivity contribution in [2.75, 3.05) is 16.8 Å². The van der Waals surface area contributed by atoms with Gasteiger partial charge in [0.25, 0.3) is 0 Å². The number of halogens is 2. The lowest BCUT2D eigenvalue weighted by Gasteiger charge is -2.05. The number of nitrogens with two attached hydrogens (primary N) is 1. The first-order valence-corrected chi connectivity index (χ1v) is 11.3. The van der Waals surface area contributed by atoms with E-state index < -0.39 is 10.8 Å². The smallest absolute Gasteiger partial charge is 0.209 e. The summed E-state index contributed by atoms with van der Waals surface area (Å²) in [4.78, 5) is 18.1. The minimum absolute atomic E-state index is 0.0965. The molecule has 0 saturated carbocycles. The lowest BCUT2D eigenvalue weighted by atomic mass is 10.1. The molecule has 1 atom stereocenters. The van der Waals surface area contributed by atoms with Gasteiger partial charge in [0.15, 0.2) is 5.13 Å². The van der Waals surface area contributed by atoms with E-state index in [0.717, 1.165) is 22.7 Å². The van der Waals surface area contributed by atoms with Crippen LogP contribution in [-0.4, -0.2) is 20.7 Å². The minimum atomic E-state index is -1.05. The summed E-state index contributed by atoms with van der Waals surface area (Å²) in [5, 5.41) is 4.07. The molecule has 0 bridgehead atoms. The molecule has 0 radical (unpaired) electrons. The zero-order chi connectivity index (χ0) is 20.3. The van der Waals surface area contributed by atoms with E-state index in [9.17, 15) is 9.00 Å². The van der Waals surface area contributed by atoms with E-state index in [1.807, 2.05) is 25.1 Å². The number of hydrogen-bond acceptors (Lipinski definition) is 6. The van der Waals surface area contributed by atoms with Gasteiger partial charge in [-0.1, -0.05) is 53.6 Å². The van der Waals surface area contributed by atoms with E-state index in [2.05, 4.69) is 10.3 Å². The molecule has 146 valence electrons. The van der Waals surface area contributed by atoms with Crippen molar-refractivity contribution in [3.63, 3.8) is 0 Å². The van der Waals surface area contributed by atoms with Crippen molar-refractivity contribution in [3.05, 3.63) is 63.0 Å². The van der Waals surface area contributed by atoms with Crippen molar-refractivity contribution in [2.24, 2.45) is 0 Å². The Morgan fingerprint density at radius 2 is 1.89 bits per heavy atom. The highest BCUT2D eigenvalue weighted by atomic mass is 35.5. The molecule has 1 aromatic heterocycles. The Morgan fingerprint density at radius 1 is 1.21 bits per heavy atom. The number of nitrogen functional groups attached to an aromatic ring is 1. The van der Waals surface area contributed by atoms with Crippen LogP contribution in [0.15, 0.2) is 47.4 Å². The van der Waals surface area contributed by atoms with Gasteiger partial charge in [-0.25, -0.2) is 4.98 Å². The molecule has 0 fully saturated rings. The molecular weight excluding hydrogens is 437 g/mol. The molecule has 9 heteroatoms. The fourth-order valence-electron chi connectivity index (χ4n) is 2.52. The summed E-state index contributed by atoms with van der Waals surface area (Å²) >= 11 is 13.4. The average Bonchev–Trinajstić information content (AvgIpc) is 3.02. The fourth-order valence-corrected chi connectivity index (χ4v) is 5.03. The van der Waals surface area contributed by atoms with Crippen LogP contribution in [0.5, 0.6) is 0 Å². The first kappa shape index (κ1) is 20.8. The van der Waals surface area contributed by atoms with E-state index in [0.29, 0.717) is 16.6 Å². The standard InChI is InChI=1S/C19H17Cl2N3O2S2/c1-2-9-28(26)12-6-3-5-11(10-12)23-19-24-18(22)17(27-19)16(25)15-13(20)7-4-8-14(15)21/h3-8,10H,2,9,22H2,1H3,(H,23,24). The number of carbonyl (C=O) groups is 1. The Kier molecular flexibility index (Phi) is 6.72. The van der Waals surface area contributed by atoms with E-state index >= 15 is 0 Å². The molecule has 0 spiro atoms. The van der Waals surface area contributed by atoms with Crippen molar-refractivity contribution in [1.82, 2.24) is 4.98 Å². The predicted molar refractivity (Wildman–Crippen MR) is 118 cm³/mol. The van der Waals surface area contributed by atoms with E-state index in [4.69, 9.17) is 28.9 Å². The molecule has 3 rings (SSSR count).